The van der Waals surface area contributed by atoms with Crippen LogP contribution >= 0.6 is 0 Å². The van der Waals surface area contributed by atoms with Gasteiger partial charge in [-0.05, 0) is 145 Å². The van der Waals surface area contributed by atoms with E-state index in [2.05, 4.69) is 174 Å². The molecule has 2 aromatic heterocycles. The van der Waals surface area contributed by atoms with Gasteiger partial charge in [-0.15, -0.1) is 0 Å². The van der Waals surface area contributed by atoms with Crippen molar-refractivity contribution in [2.75, 3.05) is 35.2 Å². The molecule has 2 aromatic carbocycles. The van der Waals surface area contributed by atoms with E-state index in [0.717, 1.165) is 106 Å². The van der Waals surface area contributed by atoms with E-state index in [1.807, 2.05) is 79.0 Å². The predicted molar refractivity (Wildman–Crippen MR) is 318 cm³/mol. The summed E-state index contributed by atoms with van der Waals surface area (Å²) in [4.78, 5) is 22.3. The fourth-order valence-corrected chi connectivity index (χ4v) is 8.04. The van der Waals surface area contributed by atoms with Gasteiger partial charge in [-0.25, -0.2) is 8.78 Å². The summed E-state index contributed by atoms with van der Waals surface area (Å²) >= 11 is 0. The van der Waals surface area contributed by atoms with Gasteiger partial charge in [0.25, 0.3) is 0 Å². The summed E-state index contributed by atoms with van der Waals surface area (Å²) in [5, 5.41) is 9.02. The van der Waals surface area contributed by atoms with Crippen molar-refractivity contribution in [3.8, 4) is 22.5 Å². The zero-order chi connectivity index (χ0) is 55.3. The highest BCUT2D eigenvalue weighted by Crippen LogP contribution is 2.37. The molecular weight excluding hydrogens is 907 g/mol. The lowest BCUT2D eigenvalue weighted by Gasteiger charge is -2.27. The summed E-state index contributed by atoms with van der Waals surface area (Å²) < 4.78 is 25.0. The molecule has 1 aliphatic rings. The third-order valence-corrected chi connectivity index (χ3v) is 12.3. The van der Waals surface area contributed by atoms with Gasteiger partial charge in [-0.1, -0.05) is 121 Å². The second-order valence-electron chi connectivity index (χ2n) is 19.5. The van der Waals surface area contributed by atoms with Crippen LogP contribution in [0.5, 0.6) is 0 Å². The van der Waals surface area contributed by atoms with Crippen molar-refractivity contribution in [3.63, 3.8) is 0 Å². The predicted octanol–water partition coefficient (Wildman–Crippen LogP) is 17.3. The molecule has 0 radical (unpaired) electrons. The average Bonchev–Trinajstić information content (AvgIpc) is 3.35. The molecular formula is C64H94F2N6O. The van der Waals surface area contributed by atoms with Gasteiger partial charge in [0.1, 0.15) is 0 Å². The van der Waals surface area contributed by atoms with Crippen LogP contribution in [0.25, 0.3) is 44.8 Å². The first-order valence-corrected chi connectivity index (χ1v) is 26.5. The number of halogens is 2. The monoisotopic (exact) mass is 1000 g/mol. The first kappa shape index (κ1) is 65.2. The Morgan fingerprint density at radius 2 is 1.29 bits per heavy atom. The number of aliphatic imine (C=N–C) groups is 2. The molecule has 4 aromatic rings. The highest BCUT2D eigenvalue weighted by atomic mass is 19.3. The van der Waals surface area contributed by atoms with Crippen LogP contribution in [0.1, 0.15) is 161 Å². The van der Waals surface area contributed by atoms with E-state index >= 15 is 0 Å². The lowest BCUT2D eigenvalue weighted by Crippen LogP contribution is -2.24. The van der Waals surface area contributed by atoms with E-state index in [1.165, 1.54) is 11.1 Å². The van der Waals surface area contributed by atoms with Crippen LogP contribution in [0.2, 0.25) is 0 Å². The highest BCUT2D eigenvalue weighted by Gasteiger charge is 2.34. The fourth-order valence-electron chi connectivity index (χ4n) is 8.04. The number of nitrogens with zero attached hydrogens (tertiary/aromatic N) is 6. The smallest absolute Gasteiger partial charge is 0.248 e. The van der Waals surface area contributed by atoms with Crippen molar-refractivity contribution in [1.29, 1.82) is 0 Å². The molecule has 1 N–H and O–H groups in total. The maximum Gasteiger partial charge on any atom is 0.248 e. The summed E-state index contributed by atoms with van der Waals surface area (Å²) in [7, 11) is 9.72. The van der Waals surface area contributed by atoms with E-state index in [4.69, 9.17) is 15.1 Å². The Hall–Kier alpha value is -5.80. The Morgan fingerprint density at radius 1 is 0.795 bits per heavy atom. The van der Waals surface area contributed by atoms with Crippen molar-refractivity contribution in [2.24, 2.45) is 15.9 Å². The van der Waals surface area contributed by atoms with E-state index < -0.39 is 11.5 Å². The molecule has 73 heavy (non-hydrogen) atoms. The summed E-state index contributed by atoms with van der Waals surface area (Å²) in [6, 6.07) is 25.9. The lowest BCUT2D eigenvalue weighted by atomic mass is 9.85. The van der Waals surface area contributed by atoms with Gasteiger partial charge in [-0.3, -0.25) is 20.0 Å². The van der Waals surface area contributed by atoms with Crippen molar-refractivity contribution in [3.05, 3.63) is 144 Å². The summed E-state index contributed by atoms with van der Waals surface area (Å²) in [6.07, 6.45) is 19.9. The molecule has 9 heteroatoms. The Balaban J connectivity index is 0.000000541. The Morgan fingerprint density at radius 3 is 1.68 bits per heavy atom. The third-order valence-electron chi connectivity index (χ3n) is 12.3. The standard InChI is InChI=1S/C25H33N3.C23H27N3.C8H14F2.C6H14O.C2H6/c1-8-10-23(16-26-6)24-13-14-25(27-20(24)5)22-12-9-11-21(15-22)19(4)17-28(7)18(2)3;1-7-18(15-24-4)22-12-13-23(25-17(22)3)21-11-9-10-20(14-21)19(8-2)16-26(5)6;1-2-7-3-5-8(9,10)6-4-7;1-4-5-6(2,3)7;1-2/h9-18H,8H2,1-7H3;7-16H,2H2,1,3-6H3;7H,2-6H2,1H3;7H,4-5H2,1-3H3;1-2H3/b19-17+,23-10+,26-16?;18-7+,19-16+,24-15?;;;. The van der Waals surface area contributed by atoms with Crippen LogP contribution in [-0.2, 0) is 0 Å². The quantitative estimate of drug-likeness (QED) is 0.0894. The molecule has 0 aliphatic heterocycles. The van der Waals surface area contributed by atoms with E-state index in [1.54, 1.807) is 14.1 Å². The summed E-state index contributed by atoms with van der Waals surface area (Å²) in [5.74, 6) is -1.77. The maximum absolute atomic E-state index is 12.5. The van der Waals surface area contributed by atoms with E-state index in [0.29, 0.717) is 12.0 Å². The SMILES string of the molecule is C=C/C(=C\N(C)C)c1cccc(-c2ccc(/C(C=NC)=C/C)c(C)n2)c1.CC.CC/C=C(\C=NC)c1ccc(-c2cccc(/C(C)=C/N(C)C(C)C)c2)nc1C.CCC1CCC(F)(F)CC1.CCCC(C)(C)O. The van der Waals surface area contributed by atoms with Gasteiger partial charge in [0, 0.05) is 113 Å². The first-order chi connectivity index (χ1) is 34.6. The number of aryl methyl sites for hydroxylation is 2. The third kappa shape index (κ3) is 23.7. The van der Waals surface area contributed by atoms with Crippen LogP contribution < -0.4 is 0 Å². The molecule has 1 aliphatic carbocycles. The Kier molecular flexibility index (Phi) is 30.2. The minimum atomic E-state index is -2.34. The van der Waals surface area contributed by atoms with Crippen molar-refractivity contribution < 1.29 is 13.9 Å². The molecule has 0 saturated heterocycles. The molecule has 0 bridgehead atoms. The normalized spacial score (nSPS) is 14.3. The number of aromatic nitrogens is 2. The first-order valence-electron chi connectivity index (χ1n) is 26.5. The van der Waals surface area contributed by atoms with Crippen molar-refractivity contribution in [1.82, 2.24) is 19.8 Å². The number of aliphatic hydroxyl groups is 1. The number of rotatable bonds is 16. The van der Waals surface area contributed by atoms with Crippen LogP contribution in [0.4, 0.5) is 8.78 Å². The average molecular weight is 1000 g/mol. The fraction of sp³-hybridized carbons (Fsp3) is 0.469. The molecule has 0 spiro atoms. The van der Waals surface area contributed by atoms with Gasteiger partial charge in [0.15, 0.2) is 0 Å². The van der Waals surface area contributed by atoms with Crippen LogP contribution in [0, 0.1) is 19.8 Å². The van der Waals surface area contributed by atoms with Gasteiger partial charge >= 0.3 is 0 Å². The molecule has 7 nitrogen and oxygen atoms in total. The van der Waals surface area contributed by atoms with Crippen molar-refractivity contribution in [2.45, 2.75) is 159 Å². The summed E-state index contributed by atoms with van der Waals surface area (Å²) in [5.41, 5.74) is 14.9. The Labute approximate surface area is 442 Å². The second kappa shape index (κ2) is 33.8. The van der Waals surface area contributed by atoms with Crippen LogP contribution in [0.15, 0.2) is 120 Å². The molecule has 400 valence electrons. The van der Waals surface area contributed by atoms with Crippen molar-refractivity contribution >= 4 is 34.7 Å². The zero-order valence-electron chi connectivity index (χ0n) is 48.4. The minimum Gasteiger partial charge on any atom is -0.390 e. The number of pyridine rings is 2. The number of benzene rings is 2. The second-order valence-corrected chi connectivity index (χ2v) is 19.5. The number of hydrogen-bond acceptors (Lipinski definition) is 7. The molecule has 0 atom stereocenters. The molecule has 5 rings (SSSR count). The largest absolute Gasteiger partial charge is 0.390 e. The van der Waals surface area contributed by atoms with E-state index in [9.17, 15) is 8.78 Å². The topological polar surface area (TPSA) is 77.2 Å². The van der Waals surface area contributed by atoms with E-state index in [-0.39, 0.29) is 12.8 Å². The van der Waals surface area contributed by atoms with Crippen LogP contribution in [0.3, 0.4) is 0 Å². The number of allylic oxidation sites excluding steroid dienone is 7. The molecule has 0 unspecified atom stereocenters. The maximum atomic E-state index is 12.5. The van der Waals surface area contributed by atoms with Gasteiger partial charge in [0.05, 0.1) is 17.0 Å². The minimum absolute atomic E-state index is 0.117. The van der Waals surface area contributed by atoms with Gasteiger partial charge < -0.3 is 14.9 Å². The molecule has 2 heterocycles. The summed E-state index contributed by atoms with van der Waals surface area (Å²) in [6.45, 7) is 30.5. The zero-order valence-corrected chi connectivity index (χ0v) is 48.4. The highest BCUT2D eigenvalue weighted by molar-refractivity contribution is 6.10. The Bertz CT molecular complexity index is 2440. The van der Waals surface area contributed by atoms with Crippen LogP contribution in [-0.4, -0.2) is 90.1 Å². The number of hydrogen-bond donors (Lipinski definition) is 1. The number of alkyl halides is 2. The molecule has 1 fully saturated rings. The van der Waals surface area contributed by atoms with Gasteiger partial charge in [-0.2, -0.15) is 0 Å². The molecule has 1 saturated carbocycles. The van der Waals surface area contributed by atoms with Gasteiger partial charge in [0.2, 0.25) is 5.92 Å². The molecule has 0 amide bonds. The lowest BCUT2D eigenvalue weighted by molar-refractivity contribution is -0.0460.